The van der Waals surface area contributed by atoms with Crippen LogP contribution in [0.5, 0.6) is 0 Å². The smallest absolute Gasteiger partial charge is 0.307 e. The summed E-state index contributed by atoms with van der Waals surface area (Å²) in [7, 11) is 0. The monoisotopic (exact) mass is 303 g/mol. The van der Waals surface area contributed by atoms with E-state index in [1.54, 1.807) is 6.33 Å². The summed E-state index contributed by atoms with van der Waals surface area (Å²) in [5, 5.41) is 6.53. The summed E-state index contributed by atoms with van der Waals surface area (Å²) < 4.78 is 0. The summed E-state index contributed by atoms with van der Waals surface area (Å²) in [4.78, 5) is 15.3. The van der Waals surface area contributed by atoms with Gasteiger partial charge < -0.3 is 10.6 Å². The van der Waals surface area contributed by atoms with Crippen LogP contribution in [-0.4, -0.2) is 15.0 Å². The van der Waals surface area contributed by atoms with Crippen molar-refractivity contribution in [1.29, 1.82) is 0 Å². The molecule has 0 saturated heterocycles. The zero-order chi connectivity index (χ0) is 15.5. The van der Waals surface area contributed by atoms with Crippen molar-refractivity contribution in [2.45, 2.75) is 0 Å². The van der Waals surface area contributed by atoms with Crippen LogP contribution in [0.4, 0.5) is 23.1 Å². The molecule has 0 unspecified atom stereocenters. The van der Waals surface area contributed by atoms with Gasteiger partial charge in [-0.1, -0.05) is 41.4 Å². The molecule has 6 heteroatoms. The van der Waals surface area contributed by atoms with Gasteiger partial charge in [-0.2, -0.15) is 4.98 Å². The number of nitrogens with zero attached hydrogens (tertiary/aromatic N) is 2. The van der Waals surface area contributed by atoms with Gasteiger partial charge in [0.15, 0.2) is 12.1 Å². The number of anilines is 4. The maximum atomic E-state index is 4.58. The van der Waals surface area contributed by atoms with E-state index in [0.717, 1.165) is 22.5 Å². The van der Waals surface area contributed by atoms with Crippen molar-refractivity contribution < 1.29 is 4.98 Å². The first-order valence-electron chi connectivity index (χ1n) is 7.29. The van der Waals surface area contributed by atoms with Crippen LogP contribution in [0.25, 0.3) is 11.2 Å². The summed E-state index contributed by atoms with van der Waals surface area (Å²) in [5.74, 6) is 1.24. The lowest BCUT2D eigenvalue weighted by atomic mass is 10.3. The highest BCUT2D eigenvalue weighted by Crippen LogP contribution is 2.23. The van der Waals surface area contributed by atoms with Gasteiger partial charge in [0.2, 0.25) is 5.52 Å². The second-order valence-corrected chi connectivity index (χ2v) is 5.03. The SMILES string of the molecule is c1ccc(Nc2nc(Nc3ccccc3)c3[nH]c[nH+]c3n2)cc1. The van der Waals surface area contributed by atoms with Crippen molar-refractivity contribution in [3.05, 3.63) is 67.0 Å². The lowest BCUT2D eigenvalue weighted by Crippen LogP contribution is -2.05. The molecule has 2 heterocycles. The number of rotatable bonds is 4. The van der Waals surface area contributed by atoms with Crippen molar-refractivity contribution >= 4 is 34.3 Å². The Morgan fingerprint density at radius 1 is 0.783 bits per heavy atom. The van der Waals surface area contributed by atoms with E-state index in [0.29, 0.717) is 11.8 Å². The number of para-hydroxylation sites is 2. The Hall–Kier alpha value is -3.41. The van der Waals surface area contributed by atoms with E-state index >= 15 is 0 Å². The summed E-state index contributed by atoms with van der Waals surface area (Å²) in [6.07, 6.45) is 1.74. The van der Waals surface area contributed by atoms with Gasteiger partial charge >= 0.3 is 11.6 Å². The number of aromatic nitrogens is 4. The molecular weight excluding hydrogens is 288 g/mol. The molecule has 0 atom stereocenters. The largest absolute Gasteiger partial charge is 0.337 e. The number of fused-ring (bicyclic) bond motifs is 1. The molecule has 0 amide bonds. The van der Waals surface area contributed by atoms with Crippen LogP contribution in [0.2, 0.25) is 0 Å². The number of benzene rings is 2. The second kappa shape index (κ2) is 5.76. The Kier molecular flexibility index (Phi) is 3.32. The fraction of sp³-hybridized carbons (Fsp3) is 0. The Morgan fingerprint density at radius 2 is 1.43 bits per heavy atom. The van der Waals surface area contributed by atoms with Gasteiger partial charge in [-0.15, -0.1) is 0 Å². The van der Waals surface area contributed by atoms with Gasteiger partial charge in [-0.25, -0.2) is 4.98 Å². The third-order valence-electron chi connectivity index (χ3n) is 3.40. The summed E-state index contributed by atoms with van der Waals surface area (Å²) in [5.41, 5.74) is 3.46. The average Bonchev–Trinajstić information content (AvgIpc) is 3.05. The summed E-state index contributed by atoms with van der Waals surface area (Å²) in [6, 6.07) is 19.8. The zero-order valence-electron chi connectivity index (χ0n) is 12.2. The van der Waals surface area contributed by atoms with Gasteiger partial charge in [0.1, 0.15) is 0 Å². The molecule has 0 fully saturated rings. The van der Waals surface area contributed by atoms with Crippen molar-refractivity contribution in [2.24, 2.45) is 0 Å². The van der Waals surface area contributed by atoms with Gasteiger partial charge in [-0.05, 0) is 24.3 Å². The number of imidazole rings is 1. The van der Waals surface area contributed by atoms with E-state index in [-0.39, 0.29) is 0 Å². The average molecular weight is 303 g/mol. The number of nitrogens with one attached hydrogen (secondary N) is 4. The predicted molar refractivity (Wildman–Crippen MR) is 89.9 cm³/mol. The van der Waals surface area contributed by atoms with E-state index in [1.807, 2.05) is 60.7 Å². The summed E-state index contributed by atoms with van der Waals surface area (Å²) in [6.45, 7) is 0. The van der Waals surface area contributed by atoms with E-state index in [1.165, 1.54) is 0 Å². The highest BCUT2D eigenvalue weighted by molar-refractivity contribution is 5.84. The Morgan fingerprint density at radius 3 is 2.13 bits per heavy atom. The molecule has 0 aliphatic rings. The molecule has 0 radical (unpaired) electrons. The molecule has 4 N–H and O–H groups in total. The van der Waals surface area contributed by atoms with Crippen LogP contribution >= 0.6 is 0 Å². The lowest BCUT2D eigenvalue weighted by molar-refractivity contribution is -0.347. The second-order valence-electron chi connectivity index (χ2n) is 5.03. The first kappa shape index (κ1) is 13.3. The quantitative estimate of drug-likeness (QED) is 0.540. The molecule has 0 aliphatic carbocycles. The molecule has 0 saturated carbocycles. The van der Waals surface area contributed by atoms with Crippen molar-refractivity contribution in [3.63, 3.8) is 0 Å². The fourth-order valence-corrected chi connectivity index (χ4v) is 2.33. The van der Waals surface area contributed by atoms with Crippen LogP contribution in [0.1, 0.15) is 0 Å². The molecular formula is C17H15N6+. The van der Waals surface area contributed by atoms with Crippen LogP contribution in [-0.2, 0) is 0 Å². The molecule has 23 heavy (non-hydrogen) atoms. The Bertz CT molecular complexity index is 918. The Balaban J connectivity index is 1.72. The number of H-pyrrole nitrogens is 2. The maximum Gasteiger partial charge on any atom is 0.307 e. The predicted octanol–water partition coefficient (Wildman–Crippen LogP) is 3.26. The molecule has 2 aromatic heterocycles. The minimum Gasteiger partial charge on any atom is -0.337 e. The van der Waals surface area contributed by atoms with Crippen LogP contribution in [0.3, 0.4) is 0 Å². The van der Waals surface area contributed by atoms with Crippen molar-refractivity contribution in [2.75, 3.05) is 10.6 Å². The van der Waals surface area contributed by atoms with Gasteiger partial charge in [-0.3, -0.25) is 4.98 Å². The van der Waals surface area contributed by atoms with Crippen LogP contribution < -0.4 is 15.6 Å². The molecule has 4 rings (SSSR count). The zero-order valence-corrected chi connectivity index (χ0v) is 12.2. The molecule has 0 bridgehead atoms. The lowest BCUT2D eigenvalue weighted by Gasteiger charge is -2.06. The highest BCUT2D eigenvalue weighted by Gasteiger charge is 2.16. The van der Waals surface area contributed by atoms with E-state index < -0.39 is 0 Å². The Labute approximate surface area is 132 Å². The van der Waals surface area contributed by atoms with Crippen molar-refractivity contribution in [1.82, 2.24) is 15.0 Å². The number of hydrogen-bond donors (Lipinski definition) is 3. The van der Waals surface area contributed by atoms with E-state index in [2.05, 4.69) is 30.6 Å². The third kappa shape index (κ3) is 2.82. The standard InChI is InChI=1S/C17H14N6/c1-3-7-12(8-4-1)20-16-14-15(19-11-18-14)22-17(23-16)21-13-9-5-2-6-10-13/h1-11H,(H3,18,19,20,21,22,23)/p+1. The van der Waals surface area contributed by atoms with Crippen molar-refractivity contribution in [3.8, 4) is 0 Å². The normalized spacial score (nSPS) is 10.6. The van der Waals surface area contributed by atoms with Crippen LogP contribution in [0, 0.1) is 0 Å². The van der Waals surface area contributed by atoms with Gasteiger partial charge in [0.25, 0.3) is 0 Å². The molecule has 4 aromatic rings. The molecule has 112 valence electrons. The number of aromatic amines is 2. The van der Waals surface area contributed by atoms with Crippen LogP contribution in [0.15, 0.2) is 67.0 Å². The summed E-state index contributed by atoms with van der Waals surface area (Å²) >= 11 is 0. The first-order valence-corrected chi connectivity index (χ1v) is 7.29. The van der Waals surface area contributed by atoms with Gasteiger partial charge in [0, 0.05) is 11.4 Å². The minimum absolute atomic E-state index is 0.526. The first-order chi connectivity index (χ1) is 11.4. The molecule has 0 spiro atoms. The highest BCUT2D eigenvalue weighted by atomic mass is 15.2. The maximum absolute atomic E-state index is 4.58. The van der Waals surface area contributed by atoms with E-state index in [4.69, 9.17) is 0 Å². The fourth-order valence-electron chi connectivity index (χ4n) is 2.33. The minimum atomic E-state index is 0.526. The molecule has 6 nitrogen and oxygen atoms in total. The van der Waals surface area contributed by atoms with Gasteiger partial charge in [0.05, 0.1) is 0 Å². The van der Waals surface area contributed by atoms with E-state index in [9.17, 15) is 0 Å². The number of hydrogen-bond acceptors (Lipinski definition) is 4. The molecule has 0 aliphatic heterocycles. The topological polar surface area (TPSA) is 79.8 Å². The third-order valence-corrected chi connectivity index (χ3v) is 3.40. The molecule has 2 aromatic carbocycles.